The van der Waals surface area contributed by atoms with E-state index in [9.17, 15) is 13.6 Å². The predicted molar refractivity (Wildman–Crippen MR) is 89.6 cm³/mol. The number of nitrogens with zero attached hydrogens (tertiary/aromatic N) is 2. The maximum Gasteiger partial charge on any atom is 0.227 e. The molecule has 0 radical (unpaired) electrons. The van der Waals surface area contributed by atoms with Crippen LogP contribution < -0.4 is 10.1 Å². The summed E-state index contributed by atoms with van der Waals surface area (Å²) in [7, 11) is 1.54. The van der Waals surface area contributed by atoms with Gasteiger partial charge in [0.15, 0.2) is 0 Å². The fraction of sp³-hybridized carbons (Fsp3) is 0.167. The topological polar surface area (TPSA) is 77.2 Å². The van der Waals surface area contributed by atoms with Crippen molar-refractivity contribution >= 4 is 11.6 Å². The number of carbonyl (C=O) groups is 1. The lowest BCUT2D eigenvalue weighted by atomic mass is 10.2. The Labute approximate surface area is 147 Å². The van der Waals surface area contributed by atoms with Gasteiger partial charge in [0.25, 0.3) is 0 Å². The van der Waals surface area contributed by atoms with Gasteiger partial charge in [0, 0.05) is 24.6 Å². The minimum absolute atomic E-state index is 0.0195. The molecule has 6 nitrogen and oxygen atoms in total. The highest BCUT2D eigenvalue weighted by molar-refractivity contribution is 5.90. The van der Waals surface area contributed by atoms with Gasteiger partial charge < -0.3 is 14.6 Å². The van der Waals surface area contributed by atoms with E-state index in [1.54, 1.807) is 19.2 Å². The first-order valence-electron chi connectivity index (χ1n) is 7.77. The first-order valence-corrected chi connectivity index (χ1v) is 7.77. The predicted octanol–water partition coefficient (Wildman–Crippen LogP) is 3.59. The van der Waals surface area contributed by atoms with E-state index in [2.05, 4.69) is 15.5 Å². The van der Waals surface area contributed by atoms with Crippen LogP contribution in [0.15, 0.2) is 47.0 Å². The molecule has 8 heteroatoms. The molecule has 0 unspecified atom stereocenters. The molecule has 3 aromatic rings. The summed E-state index contributed by atoms with van der Waals surface area (Å²) in [6, 6.07) is 10.0. The molecule has 26 heavy (non-hydrogen) atoms. The Bertz CT molecular complexity index is 907. The molecule has 0 saturated heterocycles. The van der Waals surface area contributed by atoms with Crippen molar-refractivity contribution in [2.75, 3.05) is 12.4 Å². The smallest absolute Gasteiger partial charge is 0.227 e. The highest BCUT2D eigenvalue weighted by atomic mass is 19.1. The zero-order valence-electron chi connectivity index (χ0n) is 13.8. The molecule has 0 saturated carbocycles. The summed E-state index contributed by atoms with van der Waals surface area (Å²) in [6.07, 6.45) is 0.206. The maximum absolute atomic E-state index is 13.1. The lowest BCUT2D eigenvalue weighted by Crippen LogP contribution is -2.12. The summed E-state index contributed by atoms with van der Waals surface area (Å²) >= 11 is 0. The van der Waals surface area contributed by atoms with E-state index in [0.29, 0.717) is 17.1 Å². The van der Waals surface area contributed by atoms with Crippen LogP contribution in [-0.4, -0.2) is 23.2 Å². The molecule has 1 N–H and O–H groups in total. The van der Waals surface area contributed by atoms with Gasteiger partial charge in [-0.1, -0.05) is 17.3 Å². The normalized spacial score (nSPS) is 10.6. The standard InChI is InChI=1S/C18H15F2N3O3/c1-25-15-5-3-2-4-14(15)18-22-17(26-23-18)7-6-16(24)21-13-9-11(19)8-12(20)10-13/h2-5,8-10H,6-7H2,1H3,(H,21,24). The first-order chi connectivity index (χ1) is 12.5. The summed E-state index contributed by atoms with van der Waals surface area (Å²) < 4.78 is 36.6. The van der Waals surface area contributed by atoms with Crippen LogP contribution in [0.1, 0.15) is 12.3 Å². The third-order valence-corrected chi connectivity index (χ3v) is 3.53. The van der Waals surface area contributed by atoms with E-state index in [4.69, 9.17) is 9.26 Å². The number of anilines is 1. The molecule has 0 aliphatic heterocycles. The fourth-order valence-corrected chi connectivity index (χ4v) is 2.37. The Morgan fingerprint density at radius 2 is 1.92 bits per heavy atom. The number of hydrogen-bond donors (Lipinski definition) is 1. The van der Waals surface area contributed by atoms with E-state index < -0.39 is 17.5 Å². The molecular weight excluding hydrogens is 344 g/mol. The summed E-state index contributed by atoms with van der Waals surface area (Å²) in [6.45, 7) is 0. The van der Waals surface area contributed by atoms with Gasteiger partial charge in [0.1, 0.15) is 17.4 Å². The van der Waals surface area contributed by atoms with Gasteiger partial charge in [0.2, 0.25) is 17.6 Å². The van der Waals surface area contributed by atoms with Crippen molar-refractivity contribution in [2.45, 2.75) is 12.8 Å². The highest BCUT2D eigenvalue weighted by Gasteiger charge is 2.14. The second-order valence-electron chi connectivity index (χ2n) is 5.42. The van der Waals surface area contributed by atoms with Crippen LogP contribution in [0, 0.1) is 11.6 Å². The number of ether oxygens (including phenoxy) is 1. The van der Waals surface area contributed by atoms with E-state index in [1.165, 1.54) is 0 Å². The van der Waals surface area contributed by atoms with Gasteiger partial charge in [-0.05, 0) is 24.3 Å². The largest absolute Gasteiger partial charge is 0.496 e. The number of para-hydroxylation sites is 1. The maximum atomic E-state index is 13.1. The molecule has 1 aromatic heterocycles. The Morgan fingerprint density at radius 1 is 1.19 bits per heavy atom. The molecule has 134 valence electrons. The van der Waals surface area contributed by atoms with Gasteiger partial charge in [-0.2, -0.15) is 4.98 Å². The molecule has 3 rings (SSSR count). The van der Waals surface area contributed by atoms with Crippen LogP contribution in [0.2, 0.25) is 0 Å². The lowest BCUT2D eigenvalue weighted by molar-refractivity contribution is -0.116. The average molecular weight is 359 g/mol. The van der Waals surface area contributed by atoms with Crippen LogP contribution in [0.5, 0.6) is 5.75 Å². The van der Waals surface area contributed by atoms with Gasteiger partial charge >= 0.3 is 0 Å². The number of halogens is 2. The zero-order valence-corrected chi connectivity index (χ0v) is 13.8. The van der Waals surface area contributed by atoms with E-state index in [1.807, 2.05) is 12.1 Å². The Kier molecular flexibility index (Phi) is 5.21. The zero-order chi connectivity index (χ0) is 18.5. The minimum Gasteiger partial charge on any atom is -0.496 e. The molecule has 0 aliphatic rings. The molecule has 0 spiro atoms. The van der Waals surface area contributed by atoms with Crippen LogP contribution in [0.25, 0.3) is 11.4 Å². The first kappa shape index (κ1) is 17.5. The van der Waals surface area contributed by atoms with Crippen molar-refractivity contribution in [3.63, 3.8) is 0 Å². The molecule has 0 atom stereocenters. The van der Waals surface area contributed by atoms with Gasteiger partial charge in [-0.15, -0.1) is 0 Å². The number of carbonyl (C=O) groups excluding carboxylic acids is 1. The Balaban J connectivity index is 1.62. The number of rotatable bonds is 6. The van der Waals surface area contributed by atoms with E-state index in [0.717, 1.165) is 18.2 Å². The quantitative estimate of drug-likeness (QED) is 0.728. The summed E-state index contributed by atoms with van der Waals surface area (Å²) in [5.41, 5.74) is 0.720. The average Bonchev–Trinajstić information content (AvgIpc) is 3.08. The monoisotopic (exact) mass is 359 g/mol. The van der Waals surface area contributed by atoms with Crippen LogP contribution in [-0.2, 0) is 11.2 Å². The number of hydrogen-bond acceptors (Lipinski definition) is 5. The lowest BCUT2D eigenvalue weighted by Gasteiger charge is -2.04. The van der Waals surface area contributed by atoms with Crippen molar-refractivity contribution in [3.8, 4) is 17.1 Å². The summed E-state index contributed by atoms with van der Waals surface area (Å²) in [5.74, 6) is -0.730. The summed E-state index contributed by atoms with van der Waals surface area (Å²) in [5, 5.41) is 6.30. The number of amides is 1. The third-order valence-electron chi connectivity index (χ3n) is 3.53. The molecule has 0 aliphatic carbocycles. The summed E-state index contributed by atoms with van der Waals surface area (Å²) in [4.78, 5) is 16.2. The second-order valence-corrected chi connectivity index (χ2v) is 5.42. The van der Waals surface area contributed by atoms with E-state index in [-0.39, 0.29) is 24.4 Å². The van der Waals surface area contributed by atoms with Crippen LogP contribution in [0.3, 0.4) is 0 Å². The van der Waals surface area contributed by atoms with Crippen molar-refractivity contribution in [1.82, 2.24) is 10.1 Å². The van der Waals surface area contributed by atoms with Crippen molar-refractivity contribution in [2.24, 2.45) is 0 Å². The highest BCUT2D eigenvalue weighted by Crippen LogP contribution is 2.27. The fourth-order valence-electron chi connectivity index (χ4n) is 2.37. The van der Waals surface area contributed by atoms with Crippen molar-refractivity contribution < 1.29 is 22.8 Å². The number of benzene rings is 2. The van der Waals surface area contributed by atoms with Gasteiger partial charge in [0.05, 0.1) is 12.7 Å². The Hall–Kier alpha value is -3.29. The van der Waals surface area contributed by atoms with Gasteiger partial charge in [-0.25, -0.2) is 8.78 Å². The van der Waals surface area contributed by atoms with Crippen molar-refractivity contribution in [1.29, 1.82) is 0 Å². The number of methoxy groups -OCH3 is 1. The van der Waals surface area contributed by atoms with Crippen molar-refractivity contribution in [3.05, 3.63) is 60.0 Å². The minimum atomic E-state index is -0.765. The Morgan fingerprint density at radius 3 is 2.65 bits per heavy atom. The van der Waals surface area contributed by atoms with Crippen LogP contribution in [0.4, 0.5) is 14.5 Å². The van der Waals surface area contributed by atoms with Gasteiger partial charge in [-0.3, -0.25) is 4.79 Å². The number of aryl methyl sites for hydroxylation is 1. The molecular formula is C18H15F2N3O3. The molecule has 1 heterocycles. The molecule has 2 aromatic carbocycles. The third kappa shape index (κ3) is 4.21. The number of nitrogens with one attached hydrogen (secondary N) is 1. The molecule has 0 bridgehead atoms. The van der Waals surface area contributed by atoms with Crippen LogP contribution >= 0.6 is 0 Å². The molecule has 1 amide bonds. The number of aromatic nitrogens is 2. The SMILES string of the molecule is COc1ccccc1-c1noc(CCC(=O)Nc2cc(F)cc(F)c2)n1. The second kappa shape index (κ2) is 7.73. The van der Waals surface area contributed by atoms with E-state index >= 15 is 0 Å². The molecule has 0 fully saturated rings.